The molecule has 1 aliphatic carbocycles. The first kappa shape index (κ1) is 11.8. The summed E-state index contributed by atoms with van der Waals surface area (Å²) in [4.78, 5) is 10.7. The van der Waals surface area contributed by atoms with E-state index >= 15 is 0 Å². The summed E-state index contributed by atoms with van der Waals surface area (Å²) in [6, 6.07) is 3.40. The zero-order valence-electron chi connectivity index (χ0n) is 8.71. The fraction of sp³-hybridized carbons (Fsp3) is 0.364. The van der Waals surface area contributed by atoms with E-state index < -0.39 is 23.3 Å². The molecule has 2 N–H and O–H groups in total. The third kappa shape index (κ3) is 2.69. The molecular weight excluding hydrogens is 235 g/mol. The van der Waals surface area contributed by atoms with Crippen molar-refractivity contribution >= 4 is 11.7 Å². The first-order chi connectivity index (χ1) is 7.88. The molecule has 0 radical (unpaired) electrons. The van der Waals surface area contributed by atoms with Gasteiger partial charge >= 0.3 is 12.1 Å². The van der Waals surface area contributed by atoms with E-state index in [4.69, 9.17) is 5.11 Å². The predicted molar refractivity (Wildman–Crippen MR) is 55.0 cm³/mol. The van der Waals surface area contributed by atoms with Crippen LogP contribution in [-0.4, -0.2) is 17.1 Å². The number of benzene rings is 1. The minimum atomic E-state index is -4.66. The van der Waals surface area contributed by atoms with Crippen molar-refractivity contribution in [1.29, 1.82) is 0 Å². The lowest BCUT2D eigenvalue weighted by atomic mass is 10.1. The summed E-state index contributed by atoms with van der Waals surface area (Å²) in [5.41, 5.74) is -1.53. The molecular formula is C11H10F3NO2. The summed E-state index contributed by atoms with van der Waals surface area (Å²) in [6.45, 7) is 0. The largest absolute Gasteiger partial charge is 0.478 e. The summed E-state index contributed by atoms with van der Waals surface area (Å²) in [6.07, 6.45) is -2.79. The number of halogens is 3. The Morgan fingerprint density at radius 1 is 1.35 bits per heavy atom. The summed E-state index contributed by atoms with van der Waals surface area (Å²) in [7, 11) is 0. The van der Waals surface area contributed by atoms with Crippen LogP contribution in [0.3, 0.4) is 0 Å². The van der Waals surface area contributed by atoms with E-state index in [0.717, 1.165) is 25.0 Å². The summed E-state index contributed by atoms with van der Waals surface area (Å²) >= 11 is 0. The average molecular weight is 245 g/mol. The number of hydrogen-bond acceptors (Lipinski definition) is 2. The number of aromatic carboxylic acids is 1. The van der Waals surface area contributed by atoms with Crippen LogP contribution in [0.15, 0.2) is 18.2 Å². The van der Waals surface area contributed by atoms with Gasteiger partial charge in [-0.15, -0.1) is 0 Å². The number of rotatable bonds is 3. The second-order valence-corrected chi connectivity index (χ2v) is 3.98. The molecule has 1 fully saturated rings. The Hall–Kier alpha value is -1.72. The number of carbonyl (C=O) groups is 1. The number of carboxylic acid groups (broad SMARTS) is 1. The Kier molecular flexibility index (Phi) is 2.73. The van der Waals surface area contributed by atoms with Crippen molar-refractivity contribution in [2.24, 2.45) is 0 Å². The predicted octanol–water partition coefficient (Wildman–Crippen LogP) is 2.98. The van der Waals surface area contributed by atoms with Crippen LogP contribution >= 0.6 is 0 Å². The Bertz CT molecular complexity index is 453. The van der Waals surface area contributed by atoms with Crippen molar-refractivity contribution in [3.8, 4) is 0 Å². The molecule has 0 bridgehead atoms. The standard InChI is InChI=1S/C11H10F3NO2/c12-11(13,14)9-5-7(15-6-1-2-6)3-4-8(9)10(16)17/h3-6,15H,1-2H2,(H,16,17). The molecule has 0 unspecified atom stereocenters. The quantitative estimate of drug-likeness (QED) is 0.860. The van der Waals surface area contributed by atoms with Gasteiger partial charge in [-0.25, -0.2) is 4.79 Å². The van der Waals surface area contributed by atoms with Crippen LogP contribution in [0.25, 0.3) is 0 Å². The van der Waals surface area contributed by atoms with Crippen LogP contribution in [-0.2, 0) is 6.18 Å². The van der Waals surface area contributed by atoms with E-state index in [0.29, 0.717) is 5.69 Å². The maximum atomic E-state index is 12.7. The van der Waals surface area contributed by atoms with Gasteiger partial charge in [0.05, 0.1) is 11.1 Å². The minimum Gasteiger partial charge on any atom is -0.478 e. The Morgan fingerprint density at radius 2 is 2.00 bits per heavy atom. The van der Waals surface area contributed by atoms with Crippen molar-refractivity contribution in [1.82, 2.24) is 0 Å². The molecule has 3 nitrogen and oxygen atoms in total. The van der Waals surface area contributed by atoms with Gasteiger partial charge in [-0.05, 0) is 31.0 Å². The Labute approximate surface area is 95.3 Å². The van der Waals surface area contributed by atoms with Gasteiger partial charge in [0.2, 0.25) is 0 Å². The van der Waals surface area contributed by atoms with Gasteiger partial charge in [-0.1, -0.05) is 0 Å². The summed E-state index contributed by atoms with van der Waals surface area (Å²) in [5.74, 6) is -1.57. The van der Waals surface area contributed by atoms with Gasteiger partial charge in [-0.2, -0.15) is 13.2 Å². The smallest absolute Gasteiger partial charge is 0.417 e. The van der Waals surface area contributed by atoms with Crippen molar-refractivity contribution in [2.45, 2.75) is 25.1 Å². The molecule has 17 heavy (non-hydrogen) atoms. The first-order valence-electron chi connectivity index (χ1n) is 5.09. The molecule has 0 amide bonds. The second kappa shape index (κ2) is 3.94. The van der Waals surface area contributed by atoms with Crippen LogP contribution in [0.1, 0.15) is 28.8 Å². The maximum absolute atomic E-state index is 12.7. The van der Waals surface area contributed by atoms with E-state index in [9.17, 15) is 18.0 Å². The molecule has 0 atom stereocenters. The van der Waals surface area contributed by atoms with Gasteiger partial charge in [0.15, 0.2) is 0 Å². The van der Waals surface area contributed by atoms with Crippen LogP contribution in [0, 0.1) is 0 Å². The van der Waals surface area contributed by atoms with Crippen molar-refractivity contribution < 1.29 is 23.1 Å². The van der Waals surface area contributed by atoms with E-state index in [1.165, 1.54) is 6.07 Å². The third-order valence-corrected chi connectivity index (χ3v) is 2.50. The van der Waals surface area contributed by atoms with Gasteiger partial charge < -0.3 is 10.4 Å². The molecule has 1 aromatic rings. The lowest BCUT2D eigenvalue weighted by Gasteiger charge is -2.13. The summed E-state index contributed by atoms with van der Waals surface area (Å²) in [5, 5.41) is 11.6. The van der Waals surface area contributed by atoms with Gasteiger partial charge in [0, 0.05) is 11.7 Å². The molecule has 1 aromatic carbocycles. The van der Waals surface area contributed by atoms with Crippen LogP contribution in [0.5, 0.6) is 0 Å². The number of nitrogens with one attached hydrogen (secondary N) is 1. The van der Waals surface area contributed by atoms with E-state index in [-0.39, 0.29) is 6.04 Å². The van der Waals surface area contributed by atoms with Gasteiger partial charge in [-0.3, -0.25) is 0 Å². The molecule has 6 heteroatoms. The number of hydrogen-bond donors (Lipinski definition) is 2. The molecule has 0 spiro atoms. The topological polar surface area (TPSA) is 49.3 Å². The third-order valence-electron chi connectivity index (χ3n) is 2.50. The highest BCUT2D eigenvalue weighted by atomic mass is 19.4. The lowest BCUT2D eigenvalue weighted by Crippen LogP contribution is -2.14. The Balaban J connectivity index is 2.38. The average Bonchev–Trinajstić information content (AvgIpc) is 3.00. The van der Waals surface area contributed by atoms with Crippen LogP contribution < -0.4 is 5.32 Å². The lowest BCUT2D eigenvalue weighted by molar-refractivity contribution is -0.138. The fourth-order valence-electron chi connectivity index (χ4n) is 1.52. The highest BCUT2D eigenvalue weighted by Crippen LogP contribution is 2.35. The number of carboxylic acids is 1. The molecule has 0 heterocycles. The molecule has 1 aliphatic rings. The van der Waals surface area contributed by atoms with Crippen molar-refractivity contribution in [2.75, 3.05) is 5.32 Å². The van der Waals surface area contributed by atoms with Gasteiger partial charge in [0.1, 0.15) is 0 Å². The SMILES string of the molecule is O=C(O)c1ccc(NC2CC2)cc1C(F)(F)F. The number of anilines is 1. The number of alkyl halides is 3. The normalized spacial score (nSPS) is 15.7. The molecule has 0 aromatic heterocycles. The first-order valence-corrected chi connectivity index (χ1v) is 5.09. The highest BCUT2D eigenvalue weighted by Gasteiger charge is 2.36. The molecule has 0 saturated heterocycles. The molecule has 0 aliphatic heterocycles. The van der Waals surface area contributed by atoms with Crippen LogP contribution in [0.2, 0.25) is 0 Å². The fourth-order valence-corrected chi connectivity index (χ4v) is 1.52. The summed E-state index contributed by atoms with van der Waals surface area (Å²) < 4.78 is 38.0. The zero-order chi connectivity index (χ0) is 12.6. The molecule has 92 valence electrons. The monoisotopic (exact) mass is 245 g/mol. The van der Waals surface area contributed by atoms with Crippen molar-refractivity contribution in [3.05, 3.63) is 29.3 Å². The van der Waals surface area contributed by atoms with Gasteiger partial charge in [0.25, 0.3) is 0 Å². The molecule has 1 saturated carbocycles. The maximum Gasteiger partial charge on any atom is 0.417 e. The second-order valence-electron chi connectivity index (χ2n) is 3.98. The molecule has 2 rings (SSSR count). The van der Waals surface area contributed by atoms with E-state index in [2.05, 4.69) is 5.32 Å². The minimum absolute atomic E-state index is 0.215. The van der Waals surface area contributed by atoms with E-state index in [1.807, 2.05) is 0 Å². The van der Waals surface area contributed by atoms with E-state index in [1.54, 1.807) is 0 Å². The zero-order valence-corrected chi connectivity index (χ0v) is 8.71. The Morgan fingerprint density at radius 3 is 2.47 bits per heavy atom. The van der Waals surface area contributed by atoms with Crippen LogP contribution in [0.4, 0.5) is 18.9 Å². The van der Waals surface area contributed by atoms with Crippen molar-refractivity contribution in [3.63, 3.8) is 0 Å². The highest BCUT2D eigenvalue weighted by molar-refractivity contribution is 5.90.